The number of hydrogen-bond acceptors (Lipinski definition) is 5. The van der Waals surface area contributed by atoms with Crippen molar-refractivity contribution in [2.24, 2.45) is 0 Å². The summed E-state index contributed by atoms with van der Waals surface area (Å²) in [5.41, 5.74) is 2.21. The van der Waals surface area contributed by atoms with Crippen LogP contribution in [0.15, 0.2) is 60.7 Å². The zero-order valence-corrected chi connectivity index (χ0v) is 17.5. The number of nitrogens with one attached hydrogen (secondary N) is 2. The molecule has 0 bridgehead atoms. The average Bonchev–Trinajstić information content (AvgIpc) is 2.71. The van der Waals surface area contributed by atoms with Gasteiger partial charge in [-0.25, -0.2) is 0 Å². The molecule has 0 aromatic heterocycles. The molecule has 2 aromatic carbocycles. The topological polar surface area (TPSA) is 58.2 Å². The normalized spacial score (nSPS) is 10.4. The third-order valence-corrected chi connectivity index (χ3v) is 7.83. The quantitative estimate of drug-likeness (QED) is 0.393. The van der Waals surface area contributed by atoms with Gasteiger partial charge in [-0.1, -0.05) is 82.3 Å². The van der Waals surface area contributed by atoms with Gasteiger partial charge < -0.3 is 10.6 Å². The van der Waals surface area contributed by atoms with Crippen LogP contribution in [0.2, 0.25) is 0 Å². The molecule has 0 radical (unpaired) electrons. The highest BCUT2D eigenvalue weighted by Crippen LogP contribution is 2.35. The zero-order chi connectivity index (χ0) is 19.2. The van der Waals surface area contributed by atoms with Crippen LogP contribution < -0.4 is 10.6 Å². The first-order chi connectivity index (χ1) is 13.2. The van der Waals surface area contributed by atoms with E-state index in [1.807, 2.05) is 60.7 Å². The first-order valence-corrected chi connectivity index (χ1v) is 12.6. The molecule has 4 nitrogen and oxygen atoms in total. The average molecular weight is 421 g/mol. The van der Waals surface area contributed by atoms with Gasteiger partial charge in [0.2, 0.25) is 11.8 Å². The number of carbonyl (C=O) groups excluding carboxylic acids is 2. The number of benzene rings is 2. The minimum absolute atomic E-state index is 0.0669. The summed E-state index contributed by atoms with van der Waals surface area (Å²) in [6, 6.07) is 19.8. The van der Waals surface area contributed by atoms with Gasteiger partial charge in [0, 0.05) is 37.4 Å². The lowest BCUT2D eigenvalue weighted by molar-refractivity contribution is -0.121. The van der Waals surface area contributed by atoms with E-state index in [4.69, 9.17) is 0 Å². The third-order valence-electron chi connectivity index (χ3n) is 3.59. The molecule has 0 saturated heterocycles. The summed E-state index contributed by atoms with van der Waals surface area (Å²) < 4.78 is 0. The number of hydrogen-bond donors (Lipinski definition) is 2. The number of rotatable bonds is 12. The zero-order valence-electron chi connectivity index (χ0n) is 15.1. The Balaban J connectivity index is 1.41. The first kappa shape index (κ1) is 21.7. The molecule has 0 aliphatic rings. The second-order valence-corrected chi connectivity index (χ2v) is 10.2. The Morgan fingerprint density at radius 2 is 1.07 bits per heavy atom. The fourth-order valence-corrected chi connectivity index (χ4v) is 5.83. The maximum atomic E-state index is 11.8. The molecule has 7 heteroatoms. The molecule has 2 amide bonds. The van der Waals surface area contributed by atoms with Crippen molar-refractivity contribution in [3.63, 3.8) is 0 Å². The van der Waals surface area contributed by atoms with Crippen LogP contribution in [0.3, 0.4) is 0 Å². The summed E-state index contributed by atoms with van der Waals surface area (Å²) in [5.74, 6) is 1.66. The van der Waals surface area contributed by atoms with Crippen molar-refractivity contribution in [1.82, 2.24) is 10.6 Å². The van der Waals surface area contributed by atoms with Crippen molar-refractivity contribution < 1.29 is 9.59 Å². The Bertz CT molecular complexity index is 625. The van der Waals surface area contributed by atoms with Crippen molar-refractivity contribution in [3.8, 4) is 0 Å². The largest absolute Gasteiger partial charge is 0.352 e. The van der Waals surface area contributed by atoms with E-state index in [1.54, 1.807) is 31.4 Å². The van der Waals surface area contributed by atoms with Crippen LogP contribution in [-0.2, 0) is 22.7 Å². The van der Waals surface area contributed by atoms with Crippen LogP contribution in [-0.4, -0.2) is 23.3 Å². The van der Waals surface area contributed by atoms with Gasteiger partial charge in [-0.05, 0) is 21.0 Å². The Morgan fingerprint density at radius 1 is 0.667 bits per heavy atom. The molecule has 0 heterocycles. The van der Waals surface area contributed by atoms with E-state index in [2.05, 4.69) is 10.6 Å². The van der Waals surface area contributed by atoms with Gasteiger partial charge in [0.05, 0.1) is 0 Å². The van der Waals surface area contributed by atoms with Crippen LogP contribution in [0.1, 0.15) is 24.0 Å². The molecular formula is C20H24N2O2S3. The molecule has 0 aliphatic heterocycles. The highest BCUT2D eigenvalue weighted by molar-refractivity contribution is 9.09. The van der Waals surface area contributed by atoms with Gasteiger partial charge in [0.1, 0.15) is 0 Å². The van der Waals surface area contributed by atoms with E-state index in [-0.39, 0.29) is 11.8 Å². The van der Waals surface area contributed by atoms with Crippen molar-refractivity contribution in [2.45, 2.75) is 25.9 Å². The highest BCUT2D eigenvalue weighted by Gasteiger charge is 2.04. The van der Waals surface area contributed by atoms with Gasteiger partial charge in [-0.15, -0.1) is 0 Å². The minimum atomic E-state index is 0.0669. The summed E-state index contributed by atoms with van der Waals surface area (Å²) in [4.78, 5) is 23.6. The number of amides is 2. The fraction of sp³-hybridized carbons (Fsp3) is 0.300. The summed E-state index contributed by atoms with van der Waals surface area (Å²) in [6.45, 7) is 1.15. The van der Waals surface area contributed by atoms with Crippen LogP contribution >= 0.6 is 31.4 Å². The molecule has 27 heavy (non-hydrogen) atoms. The van der Waals surface area contributed by atoms with Gasteiger partial charge in [0.25, 0.3) is 0 Å². The molecule has 2 N–H and O–H groups in total. The van der Waals surface area contributed by atoms with E-state index in [0.29, 0.717) is 25.9 Å². The van der Waals surface area contributed by atoms with Crippen molar-refractivity contribution in [3.05, 3.63) is 71.8 Å². The summed E-state index contributed by atoms with van der Waals surface area (Å²) in [7, 11) is 4.94. The lowest BCUT2D eigenvalue weighted by atomic mass is 10.2. The van der Waals surface area contributed by atoms with Crippen molar-refractivity contribution in [2.75, 3.05) is 11.5 Å². The van der Waals surface area contributed by atoms with Crippen LogP contribution in [0.25, 0.3) is 0 Å². The van der Waals surface area contributed by atoms with Gasteiger partial charge in [-0.3, -0.25) is 9.59 Å². The minimum Gasteiger partial charge on any atom is -0.352 e. The third kappa shape index (κ3) is 10.4. The van der Waals surface area contributed by atoms with Gasteiger partial charge >= 0.3 is 0 Å². The lowest BCUT2D eigenvalue weighted by Crippen LogP contribution is -2.22. The smallest absolute Gasteiger partial charge is 0.221 e. The summed E-state index contributed by atoms with van der Waals surface area (Å²) in [5, 5.41) is 5.84. The van der Waals surface area contributed by atoms with E-state index in [9.17, 15) is 9.59 Å². The van der Waals surface area contributed by atoms with E-state index in [0.717, 1.165) is 22.6 Å². The predicted molar refractivity (Wildman–Crippen MR) is 118 cm³/mol. The van der Waals surface area contributed by atoms with E-state index in [1.165, 1.54) is 0 Å². The van der Waals surface area contributed by atoms with Gasteiger partial charge in [0.15, 0.2) is 0 Å². The molecule has 0 spiro atoms. The highest BCUT2D eigenvalue weighted by atomic mass is 33.5. The Hall–Kier alpha value is -1.57. The predicted octanol–water partition coefficient (Wildman–Crippen LogP) is 4.43. The first-order valence-electron chi connectivity index (χ1n) is 8.76. The summed E-state index contributed by atoms with van der Waals surface area (Å²) >= 11 is 0. The van der Waals surface area contributed by atoms with Crippen molar-refractivity contribution in [1.29, 1.82) is 0 Å². The molecule has 0 fully saturated rings. The molecule has 2 aromatic rings. The van der Waals surface area contributed by atoms with Gasteiger partial charge in [-0.2, -0.15) is 0 Å². The molecular weight excluding hydrogens is 396 g/mol. The maximum absolute atomic E-state index is 11.8. The summed E-state index contributed by atoms with van der Waals surface area (Å²) in [6.07, 6.45) is 1.01. The Morgan fingerprint density at radius 3 is 1.48 bits per heavy atom. The lowest BCUT2D eigenvalue weighted by Gasteiger charge is -2.06. The Kier molecular flexibility index (Phi) is 10.9. The van der Waals surface area contributed by atoms with Crippen LogP contribution in [0.4, 0.5) is 0 Å². The molecule has 144 valence electrons. The maximum Gasteiger partial charge on any atom is 0.221 e. The Labute approximate surface area is 172 Å². The van der Waals surface area contributed by atoms with Crippen molar-refractivity contribution >= 4 is 43.2 Å². The van der Waals surface area contributed by atoms with E-state index >= 15 is 0 Å². The molecule has 0 saturated carbocycles. The monoisotopic (exact) mass is 420 g/mol. The SMILES string of the molecule is O=C(CCSSSCCC(=O)NCc1ccccc1)NCc1ccccc1. The van der Waals surface area contributed by atoms with Crippen LogP contribution in [0.5, 0.6) is 0 Å². The molecule has 0 aliphatic carbocycles. The second kappa shape index (κ2) is 13.6. The molecule has 0 unspecified atom stereocenters. The molecule has 0 atom stereocenters. The van der Waals surface area contributed by atoms with Crippen LogP contribution in [0, 0.1) is 0 Å². The second-order valence-electron chi connectivity index (χ2n) is 5.74. The molecule has 2 rings (SSSR count). The van der Waals surface area contributed by atoms with E-state index < -0.39 is 0 Å². The number of carbonyl (C=O) groups is 2. The standard InChI is InChI=1S/C20H24N2O2S3/c23-19(21-15-17-7-3-1-4-8-17)11-13-25-27-26-14-12-20(24)22-16-18-9-5-2-6-10-18/h1-10H,11-16H2,(H,21,23)(H,22,24). The fourth-order valence-electron chi connectivity index (χ4n) is 2.14.